The molecule has 0 bridgehead atoms. The molecule has 88 valence electrons. The summed E-state index contributed by atoms with van der Waals surface area (Å²) in [6.45, 7) is 0.344. The van der Waals surface area contributed by atoms with Gasteiger partial charge in [0.25, 0.3) is 0 Å². The SMILES string of the molecule is OC(c1ccc[nH]1)C1COc2ccccc2O1. The smallest absolute Gasteiger partial charge is 0.164 e. The first-order valence-corrected chi connectivity index (χ1v) is 5.54. The van der Waals surface area contributed by atoms with Gasteiger partial charge in [-0.05, 0) is 24.3 Å². The van der Waals surface area contributed by atoms with Gasteiger partial charge < -0.3 is 19.6 Å². The molecule has 0 saturated carbocycles. The topological polar surface area (TPSA) is 54.5 Å². The maximum absolute atomic E-state index is 10.1. The minimum atomic E-state index is -0.710. The number of H-pyrrole nitrogens is 1. The summed E-state index contributed by atoms with van der Waals surface area (Å²) < 4.78 is 11.3. The van der Waals surface area contributed by atoms with Crippen LogP contribution in [0.5, 0.6) is 11.5 Å². The molecule has 0 fully saturated rings. The van der Waals surface area contributed by atoms with Gasteiger partial charge in [0.15, 0.2) is 17.6 Å². The van der Waals surface area contributed by atoms with Crippen molar-refractivity contribution < 1.29 is 14.6 Å². The van der Waals surface area contributed by atoms with Crippen LogP contribution >= 0.6 is 0 Å². The Morgan fingerprint density at radius 1 is 1.18 bits per heavy atom. The lowest BCUT2D eigenvalue weighted by Crippen LogP contribution is -2.34. The lowest BCUT2D eigenvalue weighted by atomic mass is 10.1. The van der Waals surface area contributed by atoms with E-state index in [-0.39, 0.29) is 6.10 Å². The zero-order valence-corrected chi connectivity index (χ0v) is 9.17. The largest absolute Gasteiger partial charge is 0.486 e. The van der Waals surface area contributed by atoms with Gasteiger partial charge in [-0.3, -0.25) is 0 Å². The van der Waals surface area contributed by atoms with Crippen molar-refractivity contribution in [1.29, 1.82) is 0 Å². The average molecular weight is 231 g/mol. The monoisotopic (exact) mass is 231 g/mol. The van der Waals surface area contributed by atoms with Crippen LogP contribution < -0.4 is 9.47 Å². The number of aliphatic hydroxyl groups is 1. The Kier molecular flexibility index (Phi) is 2.49. The molecule has 0 radical (unpaired) electrons. The fourth-order valence-corrected chi connectivity index (χ4v) is 1.92. The molecule has 1 aliphatic rings. The molecule has 1 aromatic heterocycles. The fraction of sp³-hybridized carbons (Fsp3) is 0.231. The Bertz CT molecular complexity index is 495. The Morgan fingerprint density at radius 3 is 2.76 bits per heavy atom. The first kappa shape index (κ1) is 10.2. The van der Waals surface area contributed by atoms with Crippen LogP contribution in [0.4, 0.5) is 0 Å². The number of rotatable bonds is 2. The van der Waals surface area contributed by atoms with Crippen LogP contribution in [-0.4, -0.2) is 22.8 Å². The van der Waals surface area contributed by atoms with Crippen molar-refractivity contribution in [3.05, 3.63) is 48.3 Å². The molecule has 0 saturated heterocycles. The lowest BCUT2D eigenvalue weighted by molar-refractivity contribution is -0.0130. The molecule has 4 heteroatoms. The summed E-state index contributed by atoms with van der Waals surface area (Å²) in [4.78, 5) is 2.97. The minimum Gasteiger partial charge on any atom is -0.486 e. The summed E-state index contributed by atoms with van der Waals surface area (Å²) in [5, 5.41) is 10.1. The highest BCUT2D eigenvalue weighted by molar-refractivity contribution is 5.40. The van der Waals surface area contributed by atoms with Crippen molar-refractivity contribution in [3.63, 3.8) is 0 Å². The number of hydrogen-bond acceptors (Lipinski definition) is 3. The van der Waals surface area contributed by atoms with E-state index >= 15 is 0 Å². The molecule has 2 atom stereocenters. The van der Waals surface area contributed by atoms with Crippen LogP contribution in [-0.2, 0) is 0 Å². The first-order chi connectivity index (χ1) is 8.34. The molecule has 1 aromatic carbocycles. The number of aromatic nitrogens is 1. The van der Waals surface area contributed by atoms with E-state index in [0.29, 0.717) is 12.4 Å². The molecular weight excluding hydrogens is 218 g/mol. The highest BCUT2D eigenvalue weighted by Crippen LogP contribution is 2.33. The van der Waals surface area contributed by atoms with E-state index in [1.165, 1.54) is 0 Å². The van der Waals surface area contributed by atoms with Gasteiger partial charge in [0, 0.05) is 11.9 Å². The van der Waals surface area contributed by atoms with Crippen molar-refractivity contribution in [2.45, 2.75) is 12.2 Å². The van der Waals surface area contributed by atoms with Crippen molar-refractivity contribution >= 4 is 0 Å². The predicted molar refractivity (Wildman–Crippen MR) is 62.1 cm³/mol. The van der Waals surface area contributed by atoms with E-state index in [1.54, 1.807) is 6.20 Å². The average Bonchev–Trinajstić information content (AvgIpc) is 2.91. The summed E-state index contributed by atoms with van der Waals surface area (Å²) in [5.41, 5.74) is 0.734. The Labute approximate surface area is 98.8 Å². The molecule has 2 N–H and O–H groups in total. The van der Waals surface area contributed by atoms with Gasteiger partial charge in [-0.25, -0.2) is 0 Å². The maximum Gasteiger partial charge on any atom is 0.164 e. The van der Waals surface area contributed by atoms with Crippen molar-refractivity contribution in [2.24, 2.45) is 0 Å². The summed E-state index contributed by atoms with van der Waals surface area (Å²) in [6, 6.07) is 11.1. The molecule has 4 nitrogen and oxygen atoms in total. The third-order valence-corrected chi connectivity index (χ3v) is 2.82. The number of ether oxygens (including phenoxy) is 2. The van der Waals surface area contributed by atoms with E-state index in [9.17, 15) is 5.11 Å². The molecule has 2 heterocycles. The number of benzene rings is 1. The van der Waals surface area contributed by atoms with E-state index in [4.69, 9.17) is 9.47 Å². The fourth-order valence-electron chi connectivity index (χ4n) is 1.92. The second-order valence-corrected chi connectivity index (χ2v) is 3.98. The first-order valence-electron chi connectivity index (χ1n) is 5.54. The second-order valence-electron chi connectivity index (χ2n) is 3.98. The Hall–Kier alpha value is -1.94. The number of nitrogens with one attached hydrogen (secondary N) is 1. The van der Waals surface area contributed by atoms with Crippen molar-refractivity contribution in [1.82, 2.24) is 4.98 Å². The van der Waals surface area contributed by atoms with Gasteiger partial charge in [-0.15, -0.1) is 0 Å². The van der Waals surface area contributed by atoms with Gasteiger partial charge in [-0.1, -0.05) is 12.1 Å². The molecule has 3 rings (SSSR count). The zero-order chi connectivity index (χ0) is 11.7. The Morgan fingerprint density at radius 2 is 2.00 bits per heavy atom. The summed E-state index contributed by atoms with van der Waals surface area (Å²) in [6.07, 6.45) is 0.679. The molecule has 2 aromatic rings. The van der Waals surface area contributed by atoms with Crippen molar-refractivity contribution in [2.75, 3.05) is 6.61 Å². The van der Waals surface area contributed by atoms with Crippen LogP contribution in [0.1, 0.15) is 11.8 Å². The lowest BCUT2D eigenvalue weighted by Gasteiger charge is -2.29. The third-order valence-electron chi connectivity index (χ3n) is 2.82. The van der Waals surface area contributed by atoms with E-state index in [1.807, 2.05) is 36.4 Å². The van der Waals surface area contributed by atoms with Gasteiger partial charge in [-0.2, -0.15) is 0 Å². The molecular formula is C13H13NO3. The number of aromatic amines is 1. The van der Waals surface area contributed by atoms with Gasteiger partial charge in [0.2, 0.25) is 0 Å². The minimum absolute atomic E-state index is 0.344. The standard InChI is InChI=1S/C13H13NO3/c15-13(9-4-3-7-14-9)12-8-16-10-5-1-2-6-11(10)17-12/h1-7,12-15H,8H2. The number of para-hydroxylation sites is 2. The number of fused-ring (bicyclic) bond motifs is 1. The highest BCUT2D eigenvalue weighted by Gasteiger charge is 2.28. The predicted octanol–water partition coefficient (Wildman–Crippen LogP) is 1.89. The van der Waals surface area contributed by atoms with E-state index in [2.05, 4.69) is 4.98 Å². The van der Waals surface area contributed by atoms with Gasteiger partial charge >= 0.3 is 0 Å². The second kappa shape index (κ2) is 4.14. The molecule has 0 spiro atoms. The van der Waals surface area contributed by atoms with Gasteiger partial charge in [0.1, 0.15) is 12.7 Å². The van der Waals surface area contributed by atoms with Crippen LogP contribution in [0.15, 0.2) is 42.6 Å². The number of aliphatic hydroxyl groups excluding tert-OH is 1. The van der Waals surface area contributed by atoms with Gasteiger partial charge in [0.05, 0.1) is 0 Å². The van der Waals surface area contributed by atoms with E-state index in [0.717, 1.165) is 11.4 Å². The maximum atomic E-state index is 10.1. The van der Waals surface area contributed by atoms with Crippen LogP contribution in [0.3, 0.4) is 0 Å². The molecule has 1 aliphatic heterocycles. The Balaban J connectivity index is 1.80. The molecule has 2 unspecified atom stereocenters. The van der Waals surface area contributed by atoms with Crippen LogP contribution in [0.25, 0.3) is 0 Å². The zero-order valence-electron chi connectivity index (χ0n) is 9.17. The third kappa shape index (κ3) is 1.87. The molecule has 17 heavy (non-hydrogen) atoms. The normalized spacial score (nSPS) is 19.9. The van der Waals surface area contributed by atoms with Crippen LogP contribution in [0, 0.1) is 0 Å². The quantitative estimate of drug-likeness (QED) is 0.829. The summed E-state index contributed by atoms with van der Waals surface area (Å²) >= 11 is 0. The van der Waals surface area contributed by atoms with E-state index < -0.39 is 6.10 Å². The molecule has 0 amide bonds. The number of hydrogen-bond donors (Lipinski definition) is 2. The molecule has 0 aliphatic carbocycles. The highest BCUT2D eigenvalue weighted by atomic mass is 16.6. The summed E-state index contributed by atoms with van der Waals surface area (Å²) in [5.74, 6) is 1.40. The summed E-state index contributed by atoms with van der Waals surface area (Å²) in [7, 11) is 0. The van der Waals surface area contributed by atoms with Crippen LogP contribution in [0.2, 0.25) is 0 Å². The van der Waals surface area contributed by atoms with Crippen molar-refractivity contribution in [3.8, 4) is 11.5 Å².